The fraction of sp³-hybridized carbons (Fsp3) is 0.455. The van der Waals surface area contributed by atoms with Gasteiger partial charge in [-0.1, -0.05) is 12.1 Å². The van der Waals surface area contributed by atoms with Gasteiger partial charge in [-0.2, -0.15) is 0 Å². The first-order chi connectivity index (χ1) is 7.36. The summed E-state index contributed by atoms with van der Waals surface area (Å²) >= 11 is 0. The summed E-state index contributed by atoms with van der Waals surface area (Å²) in [5.74, 6) is 0.669. The molecule has 2 unspecified atom stereocenters. The Morgan fingerprint density at radius 2 is 1.75 bits per heavy atom. The summed E-state index contributed by atoms with van der Waals surface area (Å²) < 4.78 is 27.5. The molecule has 0 aliphatic carbocycles. The van der Waals surface area contributed by atoms with Crippen molar-refractivity contribution in [3.8, 4) is 5.75 Å². The molecule has 0 radical (unpaired) electrons. The van der Waals surface area contributed by atoms with Gasteiger partial charge in [-0.05, 0) is 24.6 Å². The van der Waals surface area contributed by atoms with Crippen molar-refractivity contribution < 1.29 is 18.3 Å². The molecule has 5 heteroatoms. The van der Waals surface area contributed by atoms with Crippen molar-refractivity contribution in [1.82, 2.24) is 0 Å². The molecule has 0 aliphatic rings. The van der Waals surface area contributed by atoms with Gasteiger partial charge in [-0.25, -0.2) is 8.42 Å². The minimum Gasteiger partial charge on any atom is -0.497 e. The van der Waals surface area contributed by atoms with E-state index in [2.05, 4.69) is 0 Å². The lowest BCUT2D eigenvalue weighted by Gasteiger charge is -2.17. The lowest BCUT2D eigenvalue weighted by Crippen LogP contribution is -2.24. The lowest BCUT2D eigenvalue weighted by molar-refractivity contribution is 0.176. The second kappa shape index (κ2) is 4.84. The van der Waals surface area contributed by atoms with E-state index in [4.69, 9.17) is 4.74 Å². The van der Waals surface area contributed by atoms with Gasteiger partial charge < -0.3 is 9.84 Å². The van der Waals surface area contributed by atoms with E-state index in [1.165, 1.54) is 6.92 Å². The van der Waals surface area contributed by atoms with Gasteiger partial charge in [0.05, 0.1) is 18.5 Å². The Labute approximate surface area is 95.8 Å². The minimum absolute atomic E-state index is 0.568. The summed E-state index contributed by atoms with van der Waals surface area (Å²) in [6, 6.07) is 6.69. The summed E-state index contributed by atoms with van der Waals surface area (Å²) in [5, 5.41) is 9.05. The number of hydrogen-bond acceptors (Lipinski definition) is 4. The maximum atomic E-state index is 11.3. The molecule has 90 valence electrons. The van der Waals surface area contributed by atoms with Gasteiger partial charge in [0, 0.05) is 6.26 Å². The van der Waals surface area contributed by atoms with Gasteiger partial charge in [-0.3, -0.25) is 0 Å². The maximum Gasteiger partial charge on any atom is 0.152 e. The van der Waals surface area contributed by atoms with E-state index < -0.39 is 21.2 Å². The predicted molar refractivity (Wildman–Crippen MR) is 62.3 cm³/mol. The highest BCUT2D eigenvalue weighted by Gasteiger charge is 2.25. The first-order valence-electron chi connectivity index (χ1n) is 4.87. The Hall–Kier alpha value is -1.07. The molecule has 0 aliphatic heterocycles. The monoisotopic (exact) mass is 244 g/mol. The molecule has 0 spiro atoms. The van der Waals surface area contributed by atoms with Crippen molar-refractivity contribution in [2.75, 3.05) is 13.4 Å². The number of hydrogen-bond donors (Lipinski definition) is 1. The summed E-state index contributed by atoms with van der Waals surface area (Å²) in [4.78, 5) is 0. The Balaban J connectivity index is 2.92. The number of aliphatic hydroxyl groups is 1. The Bertz CT molecular complexity index is 436. The van der Waals surface area contributed by atoms with E-state index in [1.807, 2.05) is 0 Å². The van der Waals surface area contributed by atoms with Crippen LogP contribution in [0.1, 0.15) is 18.6 Å². The predicted octanol–water partition coefficient (Wildman–Crippen LogP) is 1.16. The third kappa shape index (κ3) is 2.96. The van der Waals surface area contributed by atoms with Crippen LogP contribution >= 0.6 is 0 Å². The molecule has 0 saturated carbocycles. The second-order valence-electron chi connectivity index (χ2n) is 3.75. The van der Waals surface area contributed by atoms with Crippen LogP contribution in [0.2, 0.25) is 0 Å². The first kappa shape index (κ1) is 13.0. The van der Waals surface area contributed by atoms with Crippen LogP contribution in [0.4, 0.5) is 0 Å². The van der Waals surface area contributed by atoms with E-state index in [1.54, 1.807) is 31.4 Å². The van der Waals surface area contributed by atoms with Gasteiger partial charge in [0.2, 0.25) is 0 Å². The lowest BCUT2D eigenvalue weighted by atomic mass is 10.1. The largest absolute Gasteiger partial charge is 0.497 e. The first-order valence-corrected chi connectivity index (χ1v) is 6.82. The van der Waals surface area contributed by atoms with Crippen molar-refractivity contribution in [3.63, 3.8) is 0 Å². The topological polar surface area (TPSA) is 63.6 Å². The standard InChI is InChI=1S/C11H16O4S/c1-8(16(3,13)14)11(12)9-4-6-10(15-2)7-5-9/h4-8,11-12H,1-3H3. The molecule has 1 aromatic rings. The van der Waals surface area contributed by atoms with Crippen LogP contribution in [0.15, 0.2) is 24.3 Å². The highest BCUT2D eigenvalue weighted by Crippen LogP contribution is 2.23. The third-order valence-corrected chi connectivity index (χ3v) is 4.19. The number of ether oxygens (including phenoxy) is 1. The van der Waals surface area contributed by atoms with E-state index in [-0.39, 0.29) is 0 Å². The van der Waals surface area contributed by atoms with Crippen LogP contribution in [0.25, 0.3) is 0 Å². The molecule has 16 heavy (non-hydrogen) atoms. The molecule has 1 aromatic carbocycles. The molecular weight excluding hydrogens is 228 g/mol. The molecule has 4 nitrogen and oxygen atoms in total. The second-order valence-corrected chi connectivity index (χ2v) is 6.16. The summed E-state index contributed by atoms with van der Waals surface area (Å²) in [7, 11) is -1.70. The smallest absolute Gasteiger partial charge is 0.152 e. The molecular formula is C11H16O4S. The van der Waals surface area contributed by atoms with Crippen molar-refractivity contribution in [3.05, 3.63) is 29.8 Å². The van der Waals surface area contributed by atoms with Crippen molar-refractivity contribution in [2.45, 2.75) is 18.3 Å². The normalized spacial score (nSPS) is 15.5. The number of rotatable bonds is 4. The Kier molecular flexibility index (Phi) is 3.93. The van der Waals surface area contributed by atoms with E-state index in [0.717, 1.165) is 6.26 Å². The van der Waals surface area contributed by atoms with Crippen molar-refractivity contribution >= 4 is 9.84 Å². The SMILES string of the molecule is COc1ccc(C(O)C(C)S(C)(=O)=O)cc1. The zero-order chi connectivity index (χ0) is 12.3. The highest BCUT2D eigenvalue weighted by atomic mass is 32.2. The van der Waals surface area contributed by atoms with E-state index >= 15 is 0 Å². The average molecular weight is 244 g/mol. The molecule has 0 bridgehead atoms. The Morgan fingerprint density at radius 1 is 1.25 bits per heavy atom. The Morgan fingerprint density at radius 3 is 2.12 bits per heavy atom. The number of sulfone groups is 1. The van der Waals surface area contributed by atoms with Crippen LogP contribution in [0.5, 0.6) is 5.75 Å². The molecule has 0 amide bonds. The van der Waals surface area contributed by atoms with E-state index in [9.17, 15) is 13.5 Å². The zero-order valence-corrected chi connectivity index (χ0v) is 10.4. The summed E-state index contributed by atoms with van der Waals surface area (Å²) in [5.41, 5.74) is 0.568. The van der Waals surface area contributed by atoms with Crippen molar-refractivity contribution in [1.29, 1.82) is 0 Å². The van der Waals surface area contributed by atoms with Gasteiger partial charge in [0.25, 0.3) is 0 Å². The van der Waals surface area contributed by atoms with Gasteiger partial charge in [-0.15, -0.1) is 0 Å². The fourth-order valence-electron chi connectivity index (χ4n) is 1.31. The fourth-order valence-corrected chi connectivity index (χ4v) is 1.93. The third-order valence-electron chi connectivity index (χ3n) is 2.58. The molecule has 2 atom stereocenters. The zero-order valence-electron chi connectivity index (χ0n) is 9.54. The molecule has 1 rings (SSSR count). The number of methoxy groups -OCH3 is 1. The van der Waals surface area contributed by atoms with Crippen LogP contribution in [-0.4, -0.2) is 32.1 Å². The highest BCUT2D eigenvalue weighted by molar-refractivity contribution is 7.91. The summed E-state index contributed by atoms with van der Waals surface area (Å²) in [6.07, 6.45) is 0.102. The van der Waals surface area contributed by atoms with Gasteiger partial charge >= 0.3 is 0 Å². The molecule has 0 fully saturated rings. The molecule has 1 N–H and O–H groups in total. The van der Waals surface area contributed by atoms with Crippen LogP contribution in [0, 0.1) is 0 Å². The van der Waals surface area contributed by atoms with Gasteiger partial charge in [0.1, 0.15) is 5.75 Å². The summed E-state index contributed by atoms with van der Waals surface area (Å²) in [6.45, 7) is 1.49. The van der Waals surface area contributed by atoms with Crippen LogP contribution in [-0.2, 0) is 9.84 Å². The molecule has 0 heterocycles. The van der Waals surface area contributed by atoms with E-state index in [0.29, 0.717) is 11.3 Å². The number of benzene rings is 1. The van der Waals surface area contributed by atoms with Crippen LogP contribution < -0.4 is 4.74 Å². The quantitative estimate of drug-likeness (QED) is 0.863. The minimum atomic E-state index is -3.25. The maximum absolute atomic E-state index is 11.3. The van der Waals surface area contributed by atoms with Gasteiger partial charge in [0.15, 0.2) is 9.84 Å². The number of aliphatic hydroxyl groups excluding tert-OH is 1. The van der Waals surface area contributed by atoms with Crippen LogP contribution in [0.3, 0.4) is 0 Å². The molecule has 0 aromatic heterocycles. The molecule has 0 saturated heterocycles. The average Bonchev–Trinajstić information content (AvgIpc) is 2.26. The van der Waals surface area contributed by atoms with Crippen molar-refractivity contribution in [2.24, 2.45) is 0 Å².